The van der Waals surface area contributed by atoms with Crippen LogP contribution in [0.15, 0.2) is 18.2 Å². The molecular formula is C13H17NO3. The summed E-state index contributed by atoms with van der Waals surface area (Å²) in [6.07, 6.45) is 2.37. The lowest BCUT2D eigenvalue weighted by atomic mass is 10.1. The van der Waals surface area contributed by atoms with Crippen molar-refractivity contribution in [1.82, 2.24) is 0 Å². The highest BCUT2D eigenvalue weighted by atomic mass is 16.5. The summed E-state index contributed by atoms with van der Waals surface area (Å²) in [5.41, 5.74) is 1.54. The Morgan fingerprint density at radius 3 is 2.53 bits per heavy atom. The molecule has 2 rings (SSSR count). The summed E-state index contributed by atoms with van der Waals surface area (Å²) in [7, 11) is 3.04. The van der Waals surface area contributed by atoms with E-state index in [1.54, 1.807) is 13.2 Å². The van der Waals surface area contributed by atoms with Crippen molar-refractivity contribution in [2.24, 2.45) is 0 Å². The minimum atomic E-state index is -0.312. The third-order valence-corrected chi connectivity index (χ3v) is 3.05. The van der Waals surface area contributed by atoms with Gasteiger partial charge in [0.05, 0.1) is 25.5 Å². The summed E-state index contributed by atoms with van der Waals surface area (Å²) >= 11 is 0. The van der Waals surface area contributed by atoms with Gasteiger partial charge in [0.2, 0.25) is 0 Å². The molecule has 1 heterocycles. The van der Waals surface area contributed by atoms with Crippen LogP contribution in [0.2, 0.25) is 0 Å². The van der Waals surface area contributed by atoms with Crippen molar-refractivity contribution in [3.63, 3.8) is 0 Å². The maximum atomic E-state index is 11.5. The van der Waals surface area contributed by atoms with Crippen LogP contribution in [0.5, 0.6) is 5.75 Å². The quantitative estimate of drug-likeness (QED) is 0.752. The molecule has 1 aromatic carbocycles. The summed E-state index contributed by atoms with van der Waals surface area (Å²) in [5.74, 6) is 0.493. The molecule has 0 aliphatic carbocycles. The highest BCUT2D eigenvalue weighted by Gasteiger charge is 2.18. The van der Waals surface area contributed by atoms with E-state index in [0.29, 0.717) is 5.56 Å². The molecule has 1 fully saturated rings. The topological polar surface area (TPSA) is 38.8 Å². The molecular weight excluding hydrogens is 218 g/mol. The molecule has 4 nitrogen and oxygen atoms in total. The van der Waals surface area contributed by atoms with Crippen LogP contribution in [0.3, 0.4) is 0 Å². The van der Waals surface area contributed by atoms with Crippen molar-refractivity contribution in [2.45, 2.75) is 12.8 Å². The number of carbonyl (C=O) groups excluding carboxylic acids is 1. The average Bonchev–Trinajstić information content (AvgIpc) is 2.90. The number of benzene rings is 1. The Bertz CT molecular complexity index is 411. The number of hydrogen-bond acceptors (Lipinski definition) is 4. The van der Waals surface area contributed by atoms with Crippen molar-refractivity contribution in [3.8, 4) is 5.75 Å². The molecule has 0 spiro atoms. The van der Waals surface area contributed by atoms with E-state index >= 15 is 0 Å². The van der Waals surface area contributed by atoms with Crippen molar-refractivity contribution < 1.29 is 14.3 Å². The summed E-state index contributed by atoms with van der Waals surface area (Å²) in [4.78, 5) is 13.7. The van der Waals surface area contributed by atoms with E-state index in [-0.39, 0.29) is 5.97 Å². The van der Waals surface area contributed by atoms with Crippen LogP contribution in [0.25, 0.3) is 0 Å². The fourth-order valence-corrected chi connectivity index (χ4v) is 2.14. The van der Waals surface area contributed by atoms with Gasteiger partial charge in [0.1, 0.15) is 5.75 Å². The van der Waals surface area contributed by atoms with E-state index in [9.17, 15) is 4.79 Å². The molecule has 1 aromatic rings. The maximum Gasteiger partial charge on any atom is 0.337 e. The van der Waals surface area contributed by atoms with Gasteiger partial charge < -0.3 is 14.4 Å². The molecule has 0 unspecified atom stereocenters. The van der Waals surface area contributed by atoms with Gasteiger partial charge in [-0.05, 0) is 31.0 Å². The predicted molar refractivity (Wildman–Crippen MR) is 65.8 cm³/mol. The van der Waals surface area contributed by atoms with Gasteiger partial charge in [-0.25, -0.2) is 4.79 Å². The minimum absolute atomic E-state index is 0.312. The van der Waals surface area contributed by atoms with E-state index in [2.05, 4.69) is 4.90 Å². The van der Waals surface area contributed by atoms with Crippen molar-refractivity contribution in [1.29, 1.82) is 0 Å². The van der Waals surface area contributed by atoms with Crippen LogP contribution in [-0.2, 0) is 4.74 Å². The molecule has 92 valence electrons. The highest BCUT2D eigenvalue weighted by molar-refractivity contribution is 5.91. The standard InChI is InChI=1S/C13H17NO3/c1-16-12-6-5-10(13(15)17-2)9-11(12)14-7-3-4-8-14/h5-6,9H,3-4,7-8H2,1-2H3. The molecule has 0 N–H and O–H groups in total. The zero-order chi connectivity index (χ0) is 12.3. The van der Waals surface area contributed by atoms with E-state index in [1.165, 1.54) is 20.0 Å². The first-order chi connectivity index (χ1) is 8.26. The fraction of sp³-hybridized carbons (Fsp3) is 0.462. The van der Waals surface area contributed by atoms with Crippen molar-refractivity contribution in [2.75, 3.05) is 32.2 Å². The largest absolute Gasteiger partial charge is 0.495 e. The predicted octanol–water partition coefficient (Wildman–Crippen LogP) is 2.08. The molecule has 0 bridgehead atoms. The van der Waals surface area contributed by atoms with Gasteiger partial charge >= 0.3 is 5.97 Å². The smallest absolute Gasteiger partial charge is 0.337 e. The molecule has 0 aromatic heterocycles. The molecule has 0 saturated carbocycles. The SMILES string of the molecule is COC(=O)c1ccc(OC)c(N2CCCC2)c1. The van der Waals surface area contributed by atoms with E-state index in [0.717, 1.165) is 24.5 Å². The second kappa shape index (κ2) is 5.08. The first-order valence-electron chi connectivity index (χ1n) is 5.77. The number of ether oxygens (including phenoxy) is 2. The Morgan fingerprint density at radius 2 is 1.94 bits per heavy atom. The number of carbonyl (C=O) groups is 1. The third-order valence-electron chi connectivity index (χ3n) is 3.05. The van der Waals surface area contributed by atoms with Crippen LogP contribution in [0.1, 0.15) is 23.2 Å². The van der Waals surface area contributed by atoms with Gasteiger partial charge in [-0.15, -0.1) is 0 Å². The van der Waals surface area contributed by atoms with E-state index in [4.69, 9.17) is 9.47 Å². The Kier molecular flexibility index (Phi) is 3.52. The van der Waals surface area contributed by atoms with Crippen LogP contribution >= 0.6 is 0 Å². The van der Waals surface area contributed by atoms with Gasteiger partial charge in [-0.1, -0.05) is 0 Å². The number of esters is 1. The Hall–Kier alpha value is -1.71. The lowest BCUT2D eigenvalue weighted by Gasteiger charge is -2.21. The molecule has 1 aliphatic heterocycles. The van der Waals surface area contributed by atoms with Crippen LogP contribution < -0.4 is 9.64 Å². The maximum absolute atomic E-state index is 11.5. The number of methoxy groups -OCH3 is 2. The second-order valence-electron chi connectivity index (χ2n) is 4.07. The molecule has 17 heavy (non-hydrogen) atoms. The zero-order valence-corrected chi connectivity index (χ0v) is 10.2. The Balaban J connectivity index is 2.35. The fourth-order valence-electron chi connectivity index (χ4n) is 2.14. The first kappa shape index (κ1) is 11.8. The molecule has 0 atom stereocenters. The lowest BCUT2D eigenvalue weighted by Crippen LogP contribution is -2.19. The van der Waals surface area contributed by atoms with Gasteiger partial charge in [-0.2, -0.15) is 0 Å². The molecule has 1 aliphatic rings. The highest BCUT2D eigenvalue weighted by Crippen LogP contribution is 2.31. The Labute approximate surface area is 101 Å². The molecule has 4 heteroatoms. The number of anilines is 1. The zero-order valence-electron chi connectivity index (χ0n) is 10.2. The van der Waals surface area contributed by atoms with Gasteiger partial charge in [0, 0.05) is 13.1 Å². The Morgan fingerprint density at radius 1 is 1.24 bits per heavy atom. The van der Waals surface area contributed by atoms with Gasteiger partial charge in [-0.3, -0.25) is 0 Å². The summed E-state index contributed by atoms with van der Waals surface area (Å²) in [6.45, 7) is 2.03. The molecule has 1 saturated heterocycles. The lowest BCUT2D eigenvalue weighted by molar-refractivity contribution is 0.0601. The van der Waals surface area contributed by atoms with Crippen molar-refractivity contribution >= 4 is 11.7 Å². The second-order valence-corrected chi connectivity index (χ2v) is 4.07. The van der Waals surface area contributed by atoms with Crippen LogP contribution in [-0.4, -0.2) is 33.3 Å². The van der Waals surface area contributed by atoms with Crippen LogP contribution in [0, 0.1) is 0 Å². The summed E-state index contributed by atoms with van der Waals surface area (Å²) < 4.78 is 10.1. The average molecular weight is 235 g/mol. The first-order valence-corrected chi connectivity index (χ1v) is 5.77. The summed E-state index contributed by atoms with van der Waals surface area (Å²) in [6, 6.07) is 5.39. The normalized spacial score (nSPS) is 14.8. The van der Waals surface area contributed by atoms with Gasteiger partial charge in [0.25, 0.3) is 0 Å². The van der Waals surface area contributed by atoms with E-state index < -0.39 is 0 Å². The van der Waals surface area contributed by atoms with E-state index in [1.807, 2.05) is 12.1 Å². The summed E-state index contributed by atoms with van der Waals surface area (Å²) in [5, 5.41) is 0. The molecule has 0 radical (unpaired) electrons. The van der Waals surface area contributed by atoms with Gasteiger partial charge in [0.15, 0.2) is 0 Å². The van der Waals surface area contributed by atoms with Crippen LogP contribution in [0.4, 0.5) is 5.69 Å². The number of rotatable bonds is 3. The number of hydrogen-bond donors (Lipinski definition) is 0. The monoisotopic (exact) mass is 235 g/mol. The third kappa shape index (κ3) is 2.35. The molecule has 0 amide bonds. The minimum Gasteiger partial charge on any atom is -0.495 e. The number of nitrogens with zero attached hydrogens (tertiary/aromatic N) is 1. The van der Waals surface area contributed by atoms with Crippen molar-refractivity contribution in [3.05, 3.63) is 23.8 Å².